The summed E-state index contributed by atoms with van der Waals surface area (Å²) in [6, 6.07) is 1.95. The molecule has 56 valence electrons. The first-order valence-corrected chi connectivity index (χ1v) is 3.38. The van der Waals surface area contributed by atoms with E-state index in [1.54, 1.807) is 12.4 Å². The minimum atomic E-state index is 0.516. The second-order valence-corrected chi connectivity index (χ2v) is 2.35. The van der Waals surface area contributed by atoms with E-state index < -0.39 is 0 Å². The van der Waals surface area contributed by atoms with Crippen molar-refractivity contribution < 1.29 is 0 Å². The van der Waals surface area contributed by atoms with E-state index in [1.807, 2.05) is 6.07 Å². The molecule has 3 N–H and O–H groups in total. The van der Waals surface area contributed by atoms with Crippen LogP contribution in [0, 0.1) is 0 Å². The van der Waals surface area contributed by atoms with Gasteiger partial charge in [-0.15, -0.1) is 0 Å². The zero-order valence-electron chi connectivity index (χ0n) is 5.91. The van der Waals surface area contributed by atoms with Gasteiger partial charge in [0.25, 0.3) is 0 Å². The lowest BCUT2D eigenvalue weighted by Crippen LogP contribution is -1.96. The molecule has 0 fully saturated rings. The molecule has 0 radical (unpaired) electrons. The summed E-state index contributed by atoms with van der Waals surface area (Å²) in [5, 5.41) is 6.67. The van der Waals surface area contributed by atoms with E-state index >= 15 is 0 Å². The Morgan fingerprint density at radius 1 is 1.45 bits per heavy atom. The molecule has 0 saturated heterocycles. The second-order valence-electron chi connectivity index (χ2n) is 2.35. The molecule has 0 spiro atoms. The molecule has 11 heavy (non-hydrogen) atoms. The molecule has 2 heterocycles. The van der Waals surface area contributed by atoms with Crippen LogP contribution in [0.4, 0.5) is 0 Å². The maximum atomic E-state index is 5.44. The summed E-state index contributed by atoms with van der Waals surface area (Å²) in [7, 11) is 0. The Balaban J connectivity index is 2.67. The van der Waals surface area contributed by atoms with Crippen LogP contribution in [0.15, 0.2) is 18.5 Å². The molecule has 0 atom stereocenters. The Morgan fingerprint density at radius 3 is 3.18 bits per heavy atom. The van der Waals surface area contributed by atoms with Crippen molar-refractivity contribution in [1.82, 2.24) is 15.2 Å². The van der Waals surface area contributed by atoms with E-state index in [9.17, 15) is 0 Å². The third-order valence-electron chi connectivity index (χ3n) is 1.58. The van der Waals surface area contributed by atoms with Gasteiger partial charge in [-0.25, -0.2) is 0 Å². The van der Waals surface area contributed by atoms with Crippen molar-refractivity contribution in [2.24, 2.45) is 5.73 Å². The van der Waals surface area contributed by atoms with Gasteiger partial charge in [-0.1, -0.05) is 0 Å². The molecule has 0 aliphatic carbocycles. The van der Waals surface area contributed by atoms with E-state index in [0.717, 1.165) is 16.6 Å². The van der Waals surface area contributed by atoms with Gasteiger partial charge >= 0.3 is 0 Å². The number of fused-ring (bicyclic) bond motifs is 1. The highest BCUT2D eigenvalue weighted by Crippen LogP contribution is 2.07. The molecular formula is C7H8N4. The molecule has 0 unspecified atom stereocenters. The molecular weight excluding hydrogens is 140 g/mol. The lowest BCUT2D eigenvalue weighted by molar-refractivity contribution is 1.05. The van der Waals surface area contributed by atoms with Crippen molar-refractivity contribution in [3.05, 3.63) is 24.0 Å². The normalized spacial score (nSPS) is 10.6. The van der Waals surface area contributed by atoms with Gasteiger partial charge in [-0.05, 0) is 11.6 Å². The summed E-state index contributed by atoms with van der Waals surface area (Å²) in [4.78, 5) is 4.14. The summed E-state index contributed by atoms with van der Waals surface area (Å²) in [5.74, 6) is 0. The smallest absolute Gasteiger partial charge is 0.108 e. The highest BCUT2D eigenvalue weighted by Gasteiger charge is 1.96. The van der Waals surface area contributed by atoms with Gasteiger partial charge in [-0.2, -0.15) is 5.10 Å². The largest absolute Gasteiger partial charge is 0.326 e. The second kappa shape index (κ2) is 2.32. The molecule has 0 aliphatic heterocycles. The van der Waals surface area contributed by atoms with Gasteiger partial charge in [0.05, 0.1) is 11.7 Å². The van der Waals surface area contributed by atoms with Crippen molar-refractivity contribution in [1.29, 1.82) is 0 Å². The summed E-state index contributed by atoms with van der Waals surface area (Å²) in [6.45, 7) is 0.516. The number of H-pyrrole nitrogens is 1. The Bertz CT molecular complexity index is 365. The zero-order valence-corrected chi connectivity index (χ0v) is 5.91. The summed E-state index contributed by atoms with van der Waals surface area (Å²) < 4.78 is 0. The number of nitrogens with one attached hydrogen (secondary N) is 1. The van der Waals surface area contributed by atoms with E-state index in [0.29, 0.717) is 6.54 Å². The van der Waals surface area contributed by atoms with E-state index in [-0.39, 0.29) is 0 Å². The first-order valence-electron chi connectivity index (χ1n) is 3.38. The van der Waals surface area contributed by atoms with Crippen LogP contribution < -0.4 is 5.73 Å². The van der Waals surface area contributed by atoms with Gasteiger partial charge in [0.1, 0.15) is 5.52 Å². The third-order valence-corrected chi connectivity index (χ3v) is 1.58. The summed E-state index contributed by atoms with van der Waals surface area (Å²) in [5.41, 5.74) is 8.27. The van der Waals surface area contributed by atoms with Crippen molar-refractivity contribution in [3.63, 3.8) is 0 Å². The fourth-order valence-electron chi connectivity index (χ4n) is 0.986. The standard InChI is InChI=1S/C7H8N4/c8-2-5-1-6-7(9-3-5)4-10-11-6/h1,3-4H,2,8H2,(H,10,11). The van der Waals surface area contributed by atoms with Crippen LogP contribution >= 0.6 is 0 Å². The Labute approximate surface area is 63.4 Å². The maximum absolute atomic E-state index is 5.44. The van der Waals surface area contributed by atoms with Crippen molar-refractivity contribution in [2.45, 2.75) is 6.54 Å². The predicted octanol–water partition coefficient (Wildman–Crippen LogP) is 0.417. The first-order chi connectivity index (χ1) is 5.40. The Hall–Kier alpha value is -1.42. The van der Waals surface area contributed by atoms with Gasteiger partial charge in [0.2, 0.25) is 0 Å². The molecule has 2 aromatic rings. The van der Waals surface area contributed by atoms with Crippen LogP contribution in [-0.4, -0.2) is 15.2 Å². The minimum absolute atomic E-state index is 0.516. The topological polar surface area (TPSA) is 67.6 Å². The Kier molecular flexibility index (Phi) is 1.33. The molecule has 0 saturated carbocycles. The predicted molar refractivity (Wildman–Crippen MR) is 41.8 cm³/mol. The molecule has 2 rings (SSSR count). The number of rotatable bonds is 1. The number of hydrogen-bond donors (Lipinski definition) is 2. The first kappa shape index (κ1) is 6.30. The highest BCUT2D eigenvalue weighted by atomic mass is 15.1. The molecule has 2 aromatic heterocycles. The average Bonchev–Trinajstić information content (AvgIpc) is 2.50. The molecule has 0 aliphatic rings. The number of pyridine rings is 1. The van der Waals surface area contributed by atoms with Crippen LogP contribution in [0.5, 0.6) is 0 Å². The zero-order chi connectivity index (χ0) is 7.68. The van der Waals surface area contributed by atoms with E-state index in [2.05, 4.69) is 15.2 Å². The van der Waals surface area contributed by atoms with Gasteiger partial charge in [0, 0.05) is 12.7 Å². The average molecular weight is 148 g/mol. The molecule has 0 aromatic carbocycles. The van der Waals surface area contributed by atoms with Crippen LogP contribution in [0.1, 0.15) is 5.56 Å². The van der Waals surface area contributed by atoms with E-state index in [1.165, 1.54) is 0 Å². The van der Waals surface area contributed by atoms with Crippen molar-refractivity contribution in [3.8, 4) is 0 Å². The van der Waals surface area contributed by atoms with Crippen molar-refractivity contribution >= 4 is 11.0 Å². The molecule has 4 nitrogen and oxygen atoms in total. The van der Waals surface area contributed by atoms with Gasteiger partial charge in [0.15, 0.2) is 0 Å². The number of hydrogen-bond acceptors (Lipinski definition) is 3. The number of nitrogens with two attached hydrogens (primary N) is 1. The number of aromatic nitrogens is 3. The molecule has 4 heteroatoms. The Morgan fingerprint density at radius 2 is 2.36 bits per heavy atom. The lowest BCUT2D eigenvalue weighted by atomic mass is 10.2. The fraction of sp³-hybridized carbons (Fsp3) is 0.143. The van der Waals surface area contributed by atoms with Gasteiger partial charge < -0.3 is 5.73 Å². The number of nitrogens with zero attached hydrogens (tertiary/aromatic N) is 2. The van der Waals surface area contributed by atoms with Crippen LogP contribution in [0.3, 0.4) is 0 Å². The van der Waals surface area contributed by atoms with Gasteiger partial charge in [-0.3, -0.25) is 10.1 Å². The SMILES string of the molecule is NCc1cnc2cn[nH]c2c1. The van der Waals surface area contributed by atoms with Crippen LogP contribution in [-0.2, 0) is 6.54 Å². The third kappa shape index (κ3) is 0.969. The van der Waals surface area contributed by atoms with Crippen molar-refractivity contribution in [2.75, 3.05) is 0 Å². The minimum Gasteiger partial charge on any atom is -0.326 e. The lowest BCUT2D eigenvalue weighted by Gasteiger charge is -1.93. The molecule has 0 amide bonds. The fourth-order valence-corrected chi connectivity index (χ4v) is 0.986. The summed E-state index contributed by atoms with van der Waals surface area (Å²) in [6.07, 6.45) is 3.45. The van der Waals surface area contributed by atoms with Crippen LogP contribution in [0.2, 0.25) is 0 Å². The van der Waals surface area contributed by atoms with Crippen LogP contribution in [0.25, 0.3) is 11.0 Å². The number of aromatic amines is 1. The summed E-state index contributed by atoms with van der Waals surface area (Å²) >= 11 is 0. The highest BCUT2D eigenvalue weighted by molar-refractivity contribution is 5.73. The quantitative estimate of drug-likeness (QED) is 0.615. The maximum Gasteiger partial charge on any atom is 0.108 e. The molecule has 0 bridgehead atoms. The van der Waals surface area contributed by atoms with E-state index in [4.69, 9.17) is 5.73 Å². The monoisotopic (exact) mass is 148 g/mol.